The second-order valence-corrected chi connectivity index (χ2v) is 3.84. The Hall–Kier alpha value is -2.11. The Labute approximate surface area is 90.9 Å². The van der Waals surface area contributed by atoms with Gasteiger partial charge < -0.3 is 9.47 Å². The summed E-state index contributed by atoms with van der Waals surface area (Å²) in [6, 6.07) is 2.52. The van der Waals surface area contributed by atoms with Crippen molar-refractivity contribution < 1.29 is 19.2 Å². The van der Waals surface area contributed by atoms with Crippen LogP contribution in [0.1, 0.15) is 24.2 Å². The van der Waals surface area contributed by atoms with Crippen molar-refractivity contribution in [2.45, 2.75) is 19.6 Å². The van der Waals surface area contributed by atoms with Crippen LogP contribution in [0.2, 0.25) is 0 Å². The zero-order valence-corrected chi connectivity index (χ0v) is 8.72. The van der Waals surface area contributed by atoms with E-state index in [0.717, 1.165) is 0 Å². The van der Waals surface area contributed by atoms with Crippen LogP contribution in [0.5, 0.6) is 11.5 Å². The third-order valence-corrected chi connectivity index (χ3v) is 2.13. The highest BCUT2D eigenvalue weighted by molar-refractivity contribution is 5.83. The molecular weight excluding hydrogens is 214 g/mol. The van der Waals surface area contributed by atoms with Crippen LogP contribution >= 0.6 is 0 Å². The van der Waals surface area contributed by atoms with Gasteiger partial charge in [-0.2, -0.15) is 0 Å². The number of aldehydes is 1. The molecule has 0 radical (unpaired) electrons. The van der Waals surface area contributed by atoms with Gasteiger partial charge in [0.15, 0.2) is 17.8 Å². The van der Waals surface area contributed by atoms with Gasteiger partial charge in [0.2, 0.25) is 5.79 Å². The number of benzene rings is 1. The van der Waals surface area contributed by atoms with E-state index < -0.39 is 10.7 Å². The lowest BCUT2D eigenvalue weighted by Gasteiger charge is -2.16. The first-order valence-corrected chi connectivity index (χ1v) is 4.58. The van der Waals surface area contributed by atoms with E-state index in [0.29, 0.717) is 12.0 Å². The van der Waals surface area contributed by atoms with Gasteiger partial charge in [0.1, 0.15) is 0 Å². The summed E-state index contributed by atoms with van der Waals surface area (Å²) in [6.45, 7) is 3.36. The van der Waals surface area contributed by atoms with E-state index in [1.54, 1.807) is 13.8 Å². The van der Waals surface area contributed by atoms with Crippen LogP contribution in [-0.4, -0.2) is 17.0 Å². The number of carbonyl (C=O) groups is 1. The van der Waals surface area contributed by atoms with Crippen LogP contribution in [0.25, 0.3) is 0 Å². The molecule has 0 bridgehead atoms. The quantitative estimate of drug-likeness (QED) is 0.434. The van der Waals surface area contributed by atoms with Gasteiger partial charge >= 0.3 is 0 Å². The molecular formula is C10H9NO5. The van der Waals surface area contributed by atoms with Gasteiger partial charge in [-0.1, -0.05) is 0 Å². The lowest BCUT2D eigenvalue weighted by atomic mass is 10.2. The maximum Gasteiger partial charge on any atom is 0.283 e. The molecule has 6 nitrogen and oxygen atoms in total. The normalized spacial score (nSPS) is 15.9. The molecule has 0 spiro atoms. The third kappa shape index (κ3) is 1.58. The molecule has 0 N–H and O–H groups in total. The third-order valence-electron chi connectivity index (χ3n) is 2.13. The number of carbonyl (C=O) groups excluding carboxylic acids is 1. The molecule has 0 saturated carbocycles. The largest absolute Gasteiger partial charge is 0.449 e. The Balaban J connectivity index is 2.55. The maximum atomic E-state index is 10.7. The van der Waals surface area contributed by atoms with Crippen molar-refractivity contribution >= 4 is 12.0 Å². The summed E-state index contributed by atoms with van der Waals surface area (Å²) in [7, 11) is 0. The number of fused-ring (bicyclic) bond motifs is 1. The lowest BCUT2D eigenvalue weighted by molar-refractivity contribution is -0.385. The Morgan fingerprint density at radius 1 is 1.31 bits per heavy atom. The Morgan fingerprint density at radius 3 is 2.38 bits per heavy atom. The predicted molar refractivity (Wildman–Crippen MR) is 53.8 cm³/mol. The standard InChI is InChI=1S/C10H9NO5/c1-10(2)15-8-3-6(5-12)7(11(13)14)4-9(8)16-10/h3-5H,1-2H3. The Bertz CT molecular complexity index is 480. The summed E-state index contributed by atoms with van der Waals surface area (Å²) >= 11 is 0. The number of rotatable bonds is 2. The number of nitrogens with zero attached hydrogens (tertiary/aromatic N) is 1. The first kappa shape index (κ1) is 10.4. The van der Waals surface area contributed by atoms with E-state index in [1.165, 1.54) is 12.1 Å². The average molecular weight is 223 g/mol. The molecule has 0 atom stereocenters. The Kier molecular flexibility index (Phi) is 2.08. The molecule has 0 unspecified atom stereocenters. The highest BCUT2D eigenvalue weighted by Gasteiger charge is 2.34. The van der Waals surface area contributed by atoms with E-state index in [4.69, 9.17) is 9.47 Å². The van der Waals surface area contributed by atoms with Crippen LogP contribution in [0.4, 0.5) is 5.69 Å². The van der Waals surface area contributed by atoms with Crippen LogP contribution in [0.15, 0.2) is 12.1 Å². The number of ether oxygens (including phenoxy) is 2. The van der Waals surface area contributed by atoms with Crippen LogP contribution < -0.4 is 9.47 Å². The predicted octanol–water partition coefficient (Wildman–Crippen LogP) is 1.91. The van der Waals surface area contributed by atoms with Gasteiger partial charge in [0.25, 0.3) is 5.69 Å². The molecule has 84 valence electrons. The van der Waals surface area contributed by atoms with Gasteiger partial charge in [0.05, 0.1) is 16.6 Å². The molecule has 0 saturated heterocycles. The molecule has 1 aromatic rings. The van der Waals surface area contributed by atoms with Crippen molar-refractivity contribution in [1.29, 1.82) is 0 Å². The van der Waals surface area contributed by atoms with Crippen molar-refractivity contribution in [3.05, 3.63) is 27.8 Å². The first-order valence-electron chi connectivity index (χ1n) is 4.58. The fourth-order valence-corrected chi connectivity index (χ4v) is 1.53. The highest BCUT2D eigenvalue weighted by atomic mass is 16.7. The lowest BCUT2D eigenvalue weighted by Crippen LogP contribution is -2.29. The van der Waals surface area contributed by atoms with Gasteiger partial charge in [-0.25, -0.2) is 0 Å². The molecule has 6 heteroatoms. The summed E-state index contributed by atoms with van der Waals surface area (Å²) < 4.78 is 10.7. The molecule has 1 heterocycles. The minimum Gasteiger partial charge on any atom is -0.449 e. The van der Waals surface area contributed by atoms with Crippen LogP contribution in [0.3, 0.4) is 0 Å². The summed E-state index contributed by atoms with van der Waals surface area (Å²) in [4.78, 5) is 20.8. The van der Waals surface area contributed by atoms with E-state index in [-0.39, 0.29) is 17.0 Å². The SMILES string of the molecule is CC1(C)Oc2cc(C=O)c([N+](=O)[O-])cc2O1. The highest BCUT2D eigenvalue weighted by Crippen LogP contribution is 2.42. The second kappa shape index (κ2) is 3.19. The van der Waals surface area contributed by atoms with E-state index in [2.05, 4.69) is 0 Å². The van der Waals surface area contributed by atoms with E-state index in [9.17, 15) is 14.9 Å². The van der Waals surface area contributed by atoms with E-state index in [1.807, 2.05) is 0 Å². The molecule has 2 rings (SSSR count). The topological polar surface area (TPSA) is 78.7 Å². The number of hydrogen-bond acceptors (Lipinski definition) is 5. The van der Waals surface area contributed by atoms with Gasteiger partial charge in [0, 0.05) is 19.9 Å². The number of nitro benzene ring substituents is 1. The molecule has 0 amide bonds. The molecule has 1 aliphatic heterocycles. The van der Waals surface area contributed by atoms with Crippen LogP contribution in [-0.2, 0) is 0 Å². The molecule has 1 aromatic carbocycles. The minimum atomic E-state index is -0.863. The molecule has 16 heavy (non-hydrogen) atoms. The zero-order chi connectivity index (χ0) is 11.9. The number of nitro groups is 1. The van der Waals surface area contributed by atoms with E-state index >= 15 is 0 Å². The van der Waals surface area contributed by atoms with Crippen molar-refractivity contribution in [2.75, 3.05) is 0 Å². The maximum absolute atomic E-state index is 10.7. The molecule has 0 aromatic heterocycles. The van der Waals surface area contributed by atoms with Crippen LogP contribution in [0, 0.1) is 10.1 Å². The summed E-state index contributed by atoms with van der Waals surface area (Å²) in [5, 5.41) is 10.7. The fourth-order valence-electron chi connectivity index (χ4n) is 1.53. The summed E-state index contributed by atoms with van der Waals surface area (Å²) in [6.07, 6.45) is 0.424. The zero-order valence-electron chi connectivity index (χ0n) is 8.72. The van der Waals surface area contributed by atoms with Crippen molar-refractivity contribution in [2.24, 2.45) is 0 Å². The van der Waals surface area contributed by atoms with Gasteiger partial charge in [-0.15, -0.1) is 0 Å². The average Bonchev–Trinajstić information content (AvgIpc) is 2.48. The van der Waals surface area contributed by atoms with Gasteiger partial charge in [-0.3, -0.25) is 14.9 Å². The molecule has 1 aliphatic rings. The van der Waals surface area contributed by atoms with Gasteiger partial charge in [-0.05, 0) is 0 Å². The summed E-state index contributed by atoms with van der Waals surface area (Å²) in [5.74, 6) is -0.238. The Morgan fingerprint density at radius 2 is 1.88 bits per heavy atom. The molecule has 0 fully saturated rings. The first-order chi connectivity index (χ1) is 7.43. The van der Waals surface area contributed by atoms with Crippen molar-refractivity contribution in [1.82, 2.24) is 0 Å². The van der Waals surface area contributed by atoms with Crippen molar-refractivity contribution in [3.8, 4) is 11.5 Å². The fraction of sp³-hybridized carbons (Fsp3) is 0.300. The monoisotopic (exact) mass is 223 g/mol. The minimum absolute atomic E-state index is 0.0231. The second-order valence-electron chi connectivity index (χ2n) is 3.84. The smallest absolute Gasteiger partial charge is 0.283 e. The number of hydrogen-bond donors (Lipinski definition) is 0. The molecule has 0 aliphatic carbocycles. The van der Waals surface area contributed by atoms with Crippen molar-refractivity contribution in [3.63, 3.8) is 0 Å². The summed E-state index contributed by atoms with van der Waals surface area (Å²) in [5.41, 5.74) is -0.305.